The zero-order valence-corrected chi connectivity index (χ0v) is 21.0. The number of sulfone groups is 1. The molecule has 1 fully saturated rings. The highest BCUT2D eigenvalue weighted by atomic mass is 35.5. The van der Waals surface area contributed by atoms with Gasteiger partial charge in [0.25, 0.3) is 5.91 Å². The van der Waals surface area contributed by atoms with Crippen molar-refractivity contribution in [2.24, 2.45) is 0 Å². The minimum Gasteiger partial charge on any atom is -0.385 e. The fourth-order valence-corrected chi connectivity index (χ4v) is 6.92. The Morgan fingerprint density at radius 3 is 2.46 bits per heavy atom. The second-order valence-corrected chi connectivity index (χ2v) is 11.8. The highest BCUT2D eigenvalue weighted by Crippen LogP contribution is 2.37. The Balaban J connectivity index is 1.27. The Morgan fingerprint density at radius 1 is 1.03 bits per heavy atom. The van der Waals surface area contributed by atoms with E-state index in [0.29, 0.717) is 53.2 Å². The van der Waals surface area contributed by atoms with Crippen molar-refractivity contribution in [2.45, 2.75) is 29.1 Å². The van der Waals surface area contributed by atoms with Crippen LogP contribution >= 0.6 is 23.1 Å². The molecule has 1 aromatic heterocycles. The molecule has 0 unspecified atom stereocenters. The first kappa shape index (κ1) is 23.9. The Bertz CT molecular complexity index is 1490. The van der Waals surface area contributed by atoms with Crippen LogP contribution in [0.15, 0.2) is 71.6 Å². The topological polar surface area (TPSA) is 100 Å². The molecule has 0 saturated carbocycles. The Labute approximate surface area is 212 Å². The van der Waals surface area contributed by atoms with Crippen molar-refractivity contribution in [1.82, 2.24) is 14.5 Å². The zero-order chi connectivity index (χ0) is 24.6. The smallest absolute Gasteiger partial charge is 0.253 e. The van der Waals surface area contributed by atoms with Crippen LogP contribution in [0, 0.1) is 0 Å². The van der Waals surface area contributed by atoms with E-state index < -0.39 is 15.4 Å². The Hall–Kier alpha value is -2.85. The van der Waals surface area contributed by atoms with Gasteiger partial charge in [0.1, 0.15) is 5.52 Å². The molecule has 10 heteroatoms. The average Bonchev–Trinajstić information content (AvgIpc) is 3.33. The number of fused-ring (bicyclic) bond motifs is 1. The highest BCUT2D eigenvalue weighted by Gasteiger charge is 2.37. The number of rotatable bonds is 5. The third kappa shape index (κ3) is 4.69. The summed E-state index contributed by atoms with van der Waals surface area (Å²) in [6.07, 6.45) is 0.769. The predicted molar refractivity (Wildman–Crippen MR) is 135 cm³/mol. The molecule has 180 valence electrons. The van der Waals surface area contributed by atoms with E-state index >= 15 is 0 Å². The number of hydrogen-bond donors (Lipinski definition) is 1. The maximum atomic E-state index is 13.0. The van der Waals surface area contributed by atoms with Gasteiger partial charge in [0.15, 0.2) is 9.84 Å². The van der Waals surface area contributed by atoms with Crippen molar-refractivity contribution in [1.29, 1.82) is 0 Å². The maximum Gasteiger partial charge on any atom is 0.253 e. The number of piperidine rings is 1. The lowest BCUT2D eigenvalue weighted by molar-refractivity contribution is -0.0210. The number of aromatic nitrogens is 2. The molecule has 0 spiro atoms. The number of carbonyl (C=O) groups is 1. The van der Waals surface area contributed by atoms with Crippen LogP contribution in [0.3, 0.4) is 0 Å². The summed E-state index contributed by atoms with van der Waals surface area (Å²) in [4.78, 5) is 14.9. The molecule has 0 bridgehead atoms. The molecule has 5 rings (SSSR count). The van der Waals surface area contributed by atoms with Gasteiger partial charge in [-0.1, -0.05) is 52.5 Å². The molecule has 0 atom stereocenters. The van der Waals surface area contributed by atoms with Gasteiger partial charge in [-0.15, -0.1) is 5.10 Å². The van der Waals surface area contributed by atoms with Gasteiger partial charge in [0, 0.05) is 29.2 Å². The van der Waals surface area contributed by atoms with Crippen LogP contribution in [0.2, 0.25) is 5.02 Å². The van der Waals surface area contributed by atoms with Crippen molar-refractivity contribution < 1.29 is 18.3 Å². The standard InChI is InChI=1S/C25H22ClN3O4S2/c26-20-5-2-1-4-19(20)25(31)12-14-29(15-13-25)24(30)18-10-8-17(9-11-18)16-35(32,33)22-7-3-6-21-23(22)27-28-34-21/h1-11,31H,12-16H2. The van der Waals surface area contributed by atoms with Gasteiger partial charge in [0.05, 0.1) is 20.9 Å². The lowest BCUT2D eigenvalue weighted by Gasteiger charge is -2.39. The number of hydrogen-bond acceptors (Lipinski definition) is 7. The van der Waals surface area contributed by atoms with Crippen molar-refractivity contribution in [3.8, 4) is 0 Å². The summed E-state index contributed by atoms with van der Waals surface area (Å²) in [5, 5.41) is 15.6. The van der Waals surface area contributed by atoms with E-state index in [1.165, 1.54) is 6.07 Å². The summed E-state index contributed by atoms with van der Waals surface area (Å²) in [5.74, 6) is -0.355. The third-order valence-electron chi connectivity index (χ3n) is 6.39. The maximum absolute atomic E-state index is 13.0. The van der Waals surface area contributed by atoms with E-state index in [4.69, 9.17) is 11.6 Å². The third-order valence-corrected chi connectivity index (χ3v) is 9.12. The summed E-state index contributed by atoms with van der Waals surface area (Å²) >= 11 is 7.43. The van der Waals surface area contributed by atoms with E-state index in [2.05, 4.69) is 9.59 Å². The summed E-state index contributed by atoms with van der Waals surface area (Å²) < 4.78 is 30.6. The van der Waals surface area contributed by atoms with Crippen LogP contribution < -0.4 is 0 Å². The van der Waals surface area contributed by atoms with Gasteiger partial charge in [-0.2, -0.15) is 0 Å². The first-order valence-corrected chi connectivity index (χ1v) is 13.9. The van der Waals surface area contributed by atoms with E-state index in [9.17, 15) is 18.3 Å². The molecule has 35 heavy (non-hydrogen) atoms. The normalized spacial score (nSPS) is 15.9. The number of nitrogens with zero attached hydrogens (tertiary/aromatic N) is 3. The van der Waals surface area contributed by atoms with E-state index in [-0.39, 0.29) is 16.6 Å². The minimum absolute atomic E-state index is 0.154. The van der Waals surface area contributed by atoms with Crippen molar-refractivity contribution in [3.63, 3.8) is 0 Å². The molecular weight excluding hydrogens is 506 g/mol. The Morgan fingerprint density at radius 2 is 1.74 bits per heavy atom. The van der Waals surface area contributed by atoms with Crippen LogP contribution in [0.1, 0.15) is 34.3 Å². The predicted octanol–water partition coefficient (Wildman–Crippen LogP) is 4.44. The lowest BCUT2D eigenvalue weighted by Crippen LogP contribution is -2.45. The average molecular weight is 528 g/mol. The van der Waals surface area contributed by atoms with E-state index in [0.717, 1.165) is 16.2 Å². The van der Waals surface area contributed by atoms with E-state index in [1.807, 2.05) is 18.2 Å². The molecule has 0 aliphatic carbocycles. The van der Waals surface area contributed by atoms with Crippen molar-refractivity contribution in [3.05, 3.63) is 88.4 Å². The van der Waals surface area contributed by atoms with Gasteiger partial charge in [0.2, 0.25) is 0 Å². The van der Waals surface area contributed by atoms with Gasteiger partial charge < -0.3 is 10.0 Å². The molecule has 1 aliphatic heterocycles. The summed E-state index contributed by atoms with van der Waals surface area (Å²) in [6.45, 7) is 0.782. The summed E-state index contributed by atoms with van der Waals surface area (Å²) in [5.41, 5.74) is 1.05. The van der Waals surface area contributed by atoms with Gasteiger partial charge in [-0.3, -0.25) is 4.79 Å². The molecule has 7 nitrogen and oxygen atoms in total. The highest BCUT2D eigenvalue weighted by molar-refractivity contribution is 7.90. The number of amides is 1. The first-order chi connectivity index (χ1) is 16.8. The van der Waals surface area contributed by atoms with E-state index in [1.54, 1.807) is 47.4 Å². The molecule has 1 amide bonds. The summed E-state index contributed by atoms with van der Waals surface area (Å²) in [7, 11) is -3.64. The number of halogens is 1. The molecule has 1 aliphatic rings. The second kappa shape index (κ2) is 9.31. The monoisotopic (exact) mass is 527 g/mol. The second-order valence-electron chi connectivity index (χ2n) is 8.64. The first-order valence-electron chi connectivity index (χ1n) is 11.1. The van der Waals surface area contributed by atoms with Gasteiger partial charge >= 0.3 is 0 Å². The Kier molecular flexibility index (Phi) is 6.35. The molecule has 4 aromatic rings. The molecule has 0 radical (unpaired) electrons. The zero-order valence-electron chi connectivity index (χ0n) is 18.6. The van der Waals surface area contributed by atoms with Crippen LogP contribution in [-0.4, -0.2) is 47.0 Å². The lowest BCUT2D eigenvalue weighted by atomic mass is 9.84. The fraction of sp³-hybridized carbons (Fsp3) is 0.240. The minimum atomic E-state index is -3.64. The summed E-state index contributed by atoms with van der Waals surface area (Å²) in [6, 6.07) is 18.9. The van der Waals surface area contributed by atoms with Crippen molar-refractivity contribution in [2.75, 3.05) is 13.1 Å². The van der Waals surface area contributed by atoms with Gasteiger partial charge in [-0.25, -0.2) is 8.42 Å². The van der Waals surface area contributed by atoms with Crippen LogP contribution in [-0.2, 0) is 21.2 Å². The number of likely N-dealkylation sites (tertiary alicyclic amines) is 1. The van der Waals surface area contributed by atoms with Crippen LogP contribution in [0.5, 0.6) is 0 Å². The molecule has 2 heterocycles. The number of benzene rings is 3. The number of aliphatic hydroxyl groups is 1. The van der Waals surface area contributed by atoms with Gasteiger partial charge in [-0.05, 0) is 60.3 Å². The SMILES string of the molecule is O=C(c1ccc(CS(=O)(=O)c2cccc3snnc23)cc1)N1CCC(O)(c2ccccc2Cl)CC1. The van der Waals surface area contributed by atoms with Crippen molar-refractivity contribution >= 4 is 49.1 Å². The van der Waals surface area contributed by atoms with Crippen LogP contribution in [0.25, 0.3) is 10.2 Å². The molecular formula is C25H22ClN3O4S2. The molecule has 1 N–H and O–H groups in total. The van der Waals surface area contributed by atoms with Crippen LogP contribution in [0.4, 0.5) is 0 Å². The quantitative estimate of drug-likeness (QED) is 0.412. The fourth-order valence-electron chi connectivity index (χ4n) is 4.44. The largest absolute Gasteiger partial charge is 0.385 e. The number of carbonyl (C=O) groups excluding carboxylic acids is 1. The molecule has 3 aromatic carbocycles. The molecule has 1 saturated heterocycles.